The molecule has 1 unspecified atom stereocenters. The molecule has 0 spiro atoms. The van der Waals surface area contributed by atoms with Crippen LogP contribution in [0.2, 0.25) is 0 Å². The number of nitrogens with zero attached hydrogens (tertiary/aromatic N) is 2. The van der Waals surface area contributed by atoms with Crippen LogP contribution in [0.3, 0.4) is 0 Å². The number of methoxy groups -OCH3 is 1. The lowest BCUT2D eigenvalue weighted by atomic mass is 10.0. The van der Waals surface area contributed by atoms with Crippen molar-refractivity contribution in [2.75, 3.05) is 26.7 Å². The Bertz CT molecular complexity index is 976. The second-order valence-electron chi connectivity index (χ2n) is 7.87. The molecule has 31 heavy (non-hydrogen) atoms. The van der Waals surface area contributed by atoms with Gasteiger partial charge in [-0.1, -0.05) is 24.6 Å². The zero-order valence-corrected chi connectivity index (χ0v) is 18.9. The number of rotatable bonds is 8. The van der Waals surface area contributed by atoms with E-state index in [4.69, 9.17) is 9.15 Å². The number of amides is 1. The molecule has 1 amide bonds. The number of oxazole rings is 1. The third-order valence-corrected chi connectivity index (χ3v) is 6.64. The first-order valence-corrected chi connectivity index (χ1v) is 11.7. The van der Waals surface area contributed by atoms with Gasteiger partial charge >= 0.3 is 0 Å². The Balaban J connectivity index is 1.42. The van der Waals surface area contributed by atoms with Gasteiger partial charge in [0.15, 0.2) is 0 Å². The minimum absolute atomic E-state index is 0.0374. The van der Waals surface area contributed by atoms with E-state index in [1.165, 1.54) is 24.8 Å². The third-order valence-electron chi connectivity index (χ3n) is 5.78. The number of aromatic nitrogens is 1. The third kappa shape index (κ3) is 5.35. The van der Waals surface area contributed by atoms with Gasteiger partial charge < -0.3 is 14.5 Å². The maximum Gasteiger partial charge on any atom is 0.236 e. The summed E-state index contributed by atoms with van der Waals surface area (Å²) >= 11 is 1.58. The molecule has 1 N–H and O–H groups in total. The Kier molecular flexibility index (Phi) is 7.04. The lowest BCUT2D eigenvalue weighted by molar-refractivity contribution is -0.120. The van der Waals surface area contributed by atoms with Crippen LogP contribution in [0.1, 0.15) is 42.3 Å². The Morgan fingerprint density at radius 3 is 2.68 bits per heavy atom. The van der Waals surface area contributed by atoms with Gasteiger partial charge in [0, 0.05) is 6.54 Å². The molecule has 0 aliphatic carbocycles. The fourth-order valence-corrected chi connectivity index (χ4v) is 4.69. The molecule has 0 saturated carbocycles. The number of carbonyl (C=O) groups is 1. The van der Waals surface area contributed by atoms with E-state index < -0.39 is 0 Å². The molecule has 0 bridgehead atoms. The minimum atomic E-state index is -0.0374. The molecule has 1 fully saturated rings. The van der Waals surface area contributed by atoms with Crippen molar-refractivity contribution in [3.8, 4) is 16.5 Å². The van der Waals surface area contributed by atoms with Crippen molar-refractivity contribution < 1.29 is 13.9 Å². The van der Waals surface area contributed by atoms with Gasteiger partial charge in [0.2, 0.25) is 11.8 Å². The number of ether oxygens (including phenoxy) is 1. The molecule has 1 saturated heterocycles. The van der Waals surface area contributed by atoms with E-state index in [-0.39, 0.29) is 18.4 Å². The lowest BCUT2D eigenvalue weighted by Crippen LogP contribution is -2.41. The summed E-state index contributed by atoms with van der Waals surface area (Å²) in [6, 6.07) is 12.2. The zero-order valence-electron chi connectivity index (χ0n) is 18.1. The minimum Gasteiger partial charge on any atom is -0.497 e. The van der Waals surface area contributed by atoms with E-state index in [0.717, 1.165) is 23.7 Å². The molecule has 3 aromatic rings. The van der Waals surface area contributed by atoms with Crippen molar-refractivity contribution in [2.45, 2.75) is 38.6 Å². The molecule has 3 heterocycles. The SMILES string of the molecule is COc1ccc(C(CNC(=O)Cc2nc(-c3cccs3)oc2C)N2CCCCC2)cc1. The van der Waals surface area contributed by atoms with Gasteiger partial charge in [-0.25, -0.2) is 4.98 Å². The summed E-state index contributed by atoms with van der Waals surface area (Å²) in [7, 11) is 1.67. The highest BCUT2D eigenvalue weighted by Crippen LogP contribution is 2.27. The molecular weight excluding hydrogens is 410 g/mol. The molecule has 0 radical (unpaired) electrons. The highest BCUT2D eigenvalue weighted by Gasteiger charge is 2.23. The molecular formula is C24H29N3O3S. The monoisotopic (exact) mass is 439 g/mol. The fourth-order valence-electron chi connectivity index (χ4n) is 4.04. The number of benzene rings is 1. The maximum absolute atomic E-state index is 12.8. The van der Waals surface area contributed by atoms with Gasteiger partial charge in [-0.2, -0.15) is 0 Å². The largest absolute Gasteiger partial charge is 0.497 e. The summed E-state index contributed by atoms with van der Waals surface area (Å²) in [5.74, 6) is 2.08. The Morgan fingerprint density at radius 1 is 1.23 bits per heavy atom. The zero-order chi connectivity index (χ0) is 21.6. The average molecular weight is 440 g/mol. The molecule has 6 nitrogen and oxygen atoms in total. The molecule has 1 atom stereocenters. The van der Waals surface area contributed by atoms with E-state index >= 15 is 0 Å². The van der Waals surface area contributed by atoms with E-state index in [0.29, 0.717) is 23.9 Å². The van der Waals surface area contributed by atoms with Gasteiger partial charge in [0.1, 0.15) is 11.5 Å². The summed E-state index contributed by atoms with van der Waals surface area (Å²) in [5.41, 5.74) is 1.89. The quantitative estimate of drug-likeness (QED) is 0.555. The van der Waals surface area contributed by atoms with E-state index in [9.17, 15) is 4.79 Å². The van der Waals surface area contributed by atoms with Crippen LogP contribution in [-0.2, 0) is 11.2 Å². The van der Waals surface area contributed by atoms with Crippen LogP contribution < -0.4 is 10.1 Å². The smallest absolute Gasteiger partial charge is 0.236 e. The van der Waals surface area contributed by atoms with E-state index in [2.05, 4.69) is 27.3 Å². The average Bonchev–Trinajstić information content (AvgIpc) is 3.45. The van der Waals surface area contributed by atoms with Crippen molar-refractivity contribution in [3.63, 3.8) is 0 Å². The van der Waals surface area contributed by atoms with E-state index in [1.54, 1.807) is 18.4 Å². The molecule has 1 aliphatic heterocycles. The van der Waals surface area contributed by atoms with Crippen LogP contribution in [0.25, 0.3) is 10.8 Å². The first-order valence-electron chi connectivity index (χ1n) is 10.8. The Morgan fingerprint density at radius 2 is 2.00 bits per heavy atom. The first kappa shape index (κ1) is 21.6. The summed E-state index contributed by atoms with van der Waals surface area (Å²) in [5, 5.41) is 5.12. The van der Waals surface area contributed by atoms with Crippen LogP contribution in [0.5, 0.6) is 5.75 Å². The molecule has 2 aromatic heterocycles. The highest BCUT2D eigenvalue weighted by molar-refractivity contribution is 7.13. The van der Waals surface area contributed by atoms with Gasteiger partial charge in [0.05, 0.1) is 30.1 Å². The van der Waals surface area contributed by atoms with Crippen LogP contribution in [0.15, 0.2) is 46.2 Å². The second-order valence-corrected chi connectivity index (χ2v) is 8.81. The first-order chi connectivity index (χ1) is 15.1. The van der Waals surface area contributed by atoms with Crippen LogP contribution in [0.4, 0.5) is 0 Å². The number of thiophene rings is 1. The van der Waals surface area contributed by atoms with Gasteiger partial charge in [-0.05, 0) is 62.0 Å². The number of likely N-dealkylation sites (tertiary alicyclic amines) is 1. The fraction of sp³-hybridized carbons (Fsp3) is 0.417. The van der Waals surface area contributed by atoms with Crippen LogP contribution in [-0.4, -0.2) is 42.5 Å². The summed E-state index contributed by atoms with van der Waals surface area (Å²) in [4.78, 5) is 20.7. The summed E-state index contributed by atoms with van der Waals surface area (Å²) < 4.78 is 11.1. The van der Waals surface area contributed by atoms with Crippen molar-refractivity contribution in [1.29, 1.82) is 0 Å². The van der Waals surface area contributed by atoms with Gasteiger partial charge in [-0.15, -0.1) is 11.3 Å². The molecule has 7 heteroatoms. The van der Waals surface area contributed by atoms with Crippen molar-refractivity contribution in [2.24, 2.45) is 0 Å². The Hall–Kier alpha value is -2.64. The topological polar surface area (TPSA) is 67.6 Å². The Labute approximate surface area is 187 Å². The molecule has 1 aromatic carbocycles. The van der Waals surface area contributed by atoms with Crippen LogP contribution >= 0.6 is 11.3 Å². The predicted molar refractivity (Wildman–Crippen MR) is 122 cm³/mol. The molecule has 164 valence electrons. The number of aryl methyl sites for hydroxylation is 1. The maximum atomic E-state index is 12.8. The highest BCUT2D eigenvalue weighted by atomic mass is 32.1. The number of carbonyl (C=O) groups excluding carboxylic acids is 1. The summed E-state index contributed by atoms with van der Waals surface area (Å²) in [6.45, 7) is 4.54. The number of piperidine rings is 1. The normalized spacial score (nSPS) is 15.5. The lowest BCUT2D eigenvalue weighted by Gasteiger charge is -2.35. The number of hydrogen-bond acceptors (Lipinski definition) is 6. The van der Waals surface area contributed by atoms with Crippen molar-refractivity contribution in [3.05, 3.63) is 58.8 Å². The van der Waals surface area contributed by atoms with Crippen molar-refractivity contribution >= 4 is 17.2 Å². The second kappa shape index (κ2) is 10.1. The van der Waals surface area contributed by atoms with Crippen molar-refractivity contribution in [1.82, 2.24) is 15.2 Å². The molecule has 4 rings (SSSR count). The summed E-state index contributed by atoms with van der Waals surface area (Å²) in [6.07, 6.45) is 3.89. The van der Waals surface area contributed by atoms with E-state index in [1.807, 2.05) is 36.6 Å². The predicted octanol–water partition coefficient (Wildman–Crippen LogP) is 4.61. The number of nitrogens with one attached hydrogen (secondary N) is 1. The van der Waals surface area contributed by atoms with Gasteiger partial charge in [-0.3, -0.25) is 9.69 Å². The standard InChI is InChI=1S/C24H29N3O3S/c1-17-20(26-24(30-17)22-7-6-14-31-22)15-23(28)25-16-21(27-12-4-3-5-13-27)18-8-10-19(29-2)11-9-18/h6-11,14,21H,3-5,12-13,15-16H2,1-2H3,(H,25,28). The van der Waals surface area contributed by atoms with Crippen LogP contribution in [0, 0.1) is 6.92 Å². The molecule has 1 aliphatic rings. The van der Waals surface area contributed by atoms with Gasteiger partial charge in [0.25, 0.3) is 0 Å². The number of hydrogen-bond donors (Lipinski definition) is 1.